The van der Waals surface area contributed by atoms with Crippen molar-refractivity contribution in [2.24, 2.45) is 0 Å². The number of amides is 1. The molecular weight excluding hydrogens is 532 g/mol. The van der Waals surface area contributed by atoms with Crippen molar-refractivity contribution >= 4 is 61.1 Å². The summed E-state index contributed by atoms with van der Waals surface area (Å²) < 4.78 is 7.28. The van der Waals surface area contributed by atoms with Crippen molar-refractivity contribution in [3.05, 3.63) is 97.4 Å². The second kappa shape index (κ2) is 10.4. The molecule has 0 saturated carbocycles. The first-order valence-corrected chi connectivity index (χ1v) is 10.8. The summed E-state index contributed by atoms with van der Waals surface area (Å²) in [7, 11) is 0. The Hall–Kier alpha value is -2.59. The van der Waals surface area contributed by atoms with Crippen LogP contribution >= 0.6 is 43.5 Å². The summed E-state index contributed by atoms with van der Waals surface area (Å²) in [6, 6.07) is 21.9. The molecule has 0 unspecified atom stereocenters. The van der Waals surface area contributed by atoms with E-state index in [0.717, 1.165) is 10.0 Å². The number of halogens is 3. The van der Waals surface area contributed by atoms with Gasteiger partial charge in [0.1, 0.15) is 24.0 Å². The molecule has 3 aromatic carbocycles. The van der Waals surface area contributed by atoms with E-state index in [-0.39, 0.29) is 5.57 Å². The van der Waals surface area contributed by atoms with E-state index in [1.165, 1.54) is 6.08 Å². The fraction of sp³-hybridized carbons (Fsp3) is 0.0435. The average molecular weight is 547 g/mol. The van der Waals surface area contributed by atoms with Gasteiger partial charge in [0.25, 0.3) is 5.91 Å². The van der Waals surface area contributed by atoms with E-state index in [1.54, 1.807) is 30.3 Å². The SMILES string of the molecule is N#C/C(=C/c1ccc(OCc2ccc(Cl)cc2)c(Br)c1)C(=O)Nc1ccccc1Br. The summed E-state index contributed by atoms with van der Waals surface area (Å²) in [5, 5.41) is 12.8. The molecule has 3 rings (SSSR count). The lowest BCUT2D eigenvalue weighted by Crippen LogP contribution is -2.13. The number of hydrogen-bond acceptors (Lipinski definition) is 3. The molecule has 30 heavy (non-hydrogen) atoms. The lowest BCUT2D eigenvalue weighted by Gasteiger charge is -2.10. The van der Waals surface area contributed by atoms with Crippen LogP contribution in [0.5, 0.6) is 5.75 Å². The summed E-state index contributed by atoms with van der Waals surface area (Å²) in [6.07, 6.45) is 1.53. The predicted molar refractivity (Wildman–Crippen MR) is 126 cm³/mol. The normalized spacial score (nSPS) is 10.9. The minimum Gasteiger partial charge on any atom is -0.488 e. The fourth-order valence-electron chi connectivity index (χ4n) is 2.53. The van der Waals surface area contributed by atoms with Gasteiger partial charge in [-0.1, -0.05) is 41.9 Å². The van der Waals surface area contributed by atoms with E-state index >= 15 is 0 Å². The van der Waals surface area contributed by atoms with Gasteiger partial charge in [-0.3, -0.25) is 4.79 Å². The number of carbonyl (C=O) groups excluding carboxylic acids is 1. The van der Waals surface area contributed by atoms with Gasteiger partial charge in [-0.05, 0) is 85.5 Å². The van der Waals surface area contributed by atoms with Crippen LogP contribution in [0, 0.1) is 11.3 Å². The van der Waals surface area contributed by atoms with Gasteiger partial charge in [0.15, 0.2) is 0 Å². The van der Waals surface area contributed by atoms with Crippen LogP contribution in [-0.4, -0.2) is 5.91 Å². The van der Waals surface area contributed by atoms with Crippen LogP contribution in [0.15, 0.2) is 81.2 Å². The van der Waals surface area contributed by atoms with Gasteiger partial charge in [-0.15, -0.1) is 0 Å². The molecule has 0 radical (unpaired) electrons. The number of nitrogens with one attached hydrogen (secondary N) is 1. The van der Waals surface area contributed by atoms with Crippen LogP contribution in [0.25, 0.3) is 6.08 Å². The predicted octanol–water partition coefficient (Wildman–Crippen LogP) is 6.99. The monoisotopic (exact) mass is 544 g/mol. The molecule has 3 aromatic rings. The van der Waals surface area contributed by atoms with Gasteiger partial charge in [0.05, 0.1) is 10.2 Å². The fourth-order valence-corrected chi connectivity index (χ4v) is 3.55. The zero-order valence-corrected chi connectivity index (χ0v) is 19.5. The van der Waals surface area contributed by atoms with E-state index in [9.17, 15) is 10.1 Å². The molecule has 150 valence electrons. The molecule has 4 nitrogen and oxygen atoms in total. The molecule has 0 spiro atoms. The Bertz CT molecular complexity index is 1140. The first-order chi connectivity index (χ1) is 14.5. The maximum absolute atomic E-state index is 12.5. The van der Waals surface area contributed by atoms with Crippen molar-refractivity contribution in [1.29, 1.82) is 5.26 Å². The first-order valence-electron chi connectivity index (χ1n) is 8.81. The van der Waals surface area contributed by atoms with Gasteiger partial charge >= 0.3 is 0 Å². The molecule has 0 aliphatic rings. The van der Waals surface area contributed by atoms with Crippen molar-refractivity contribution in [3.63, 3.8) is 0 Å². The number of rotatable bonds is 6. The number of nitrogens with zero attached hydrogens (tertiary/aromatic N) is 1. The van der Waals surface area contributed by atoms with Crippen LogP contribution in [-0.2, 0) is 11.4 Å². The number of nitriles is 1. The van der Waals surface area contributed by atoms with Gasteiger partial charge in [-0.2, -0.15) is 5.26 Å². The average Bonchev–Trinajstić information content (AvgIpc) is 2.74. The van der Waals surface area contributed by atoms with Crippen molar-refractivity contribution in [2.45, 2.75) is 6.61 Å². The smallest absolute Gasteiger partial charge is 0.266 e. The highest BCUT2D eigenvalue weighted by Gasteiger charge is 2.12. The zero-order valence-electron chi connectivity index (χ0n) is 15.5. The van der Waals surface area contributed by atoms with E-state index in [0.29, 0.717) is 33.1 Å². The summed E-state index contributed by atoms with van der Waals surface area (Å²) >= 11 is 12.7. The molecule has 0 aliphatic carbocycles. The van der Waals surface area contributed by atoms with E-state index < -0.39 is 5.91 Å². The topological polar surface area (TPSA) is 62.1 Å². The lowest BCUT2D eigenvalue weighted by atomic mass is 10.1. The quantitative estimate of drug-likeness (QED) is 0.268. The highest BCUT2D eigenvalue weighted by atomic mass is 79.9. The number of benzene rings is 3. The molecule has 0 heterocycles. The Morgan fingerprint density at radius 2 is 1.80 bits per heavy atom. The Kier molecular flexibility index (Phi) is 7.69. The lowest BCUT2D eigenvalue weighted by molar-refractivity contribution is -0.112. The number of para-hydroxylation sites is 1. The zero-order chi connectivity index (χ0) is 21.5. The van der Waals surface area contributed by atoms with Crippen LogP contribution in [0.3, 0.4) is 0 Å². The molecule has 1 N–H and O–H groups in total. The summed E-state index contributed by atoms with van der Waals surface area (Å²) in [5.41, 5.74) is 2.27. The standard InChI is InChI=1S/C23H15Br2ClN2O2/c24-19-3-1-2-4-21(19)28-23(29)17(13-27)11-16-7-10-22(20(25)12-16)30-14-15-5-8-18(26)9-6-15/h1-12H,14H2,(H,28,29)/b17-11-. The molecule has 0 aromatic heterocycles. The van der Waals surface area contributed by atoms with Crippen LogP contribution in [0.2, 0.25) is 5.02 Å². The van der Waals surface area contributed by atoms with Crippen LogP contribution < -0.4 is 10.1 Å². The highest BCUT2D eigenvalue weighted by molar-refractivity contribution is 9.11. The summed E-state index contributed by atoms with van der Waals surface area (Å²) in [6.45, 7) is 0.392. The number of anilines is 1. The van der Waals surface area contributed by atoms with Crippen LogP contribution in [0.4, 0.5) is 5.69 Å². The van der Waals surface area contributed by atoms with Crippen LogP contribution in [0.1, 0.15) is 11.1 Å². The first kappa shape index (κ1) is 22.1. The van der Waals surface area contributed by atoms with Crippen molar-refractivity contribution in [3.8, 4) is 11.8 Å². The van der Waals surface area contributed by atoms with Crippen molar-refractivity contribution in [2.75, 3.05) is 5.32 Å². The third-order valence-corrected chi connectivity index (χ3v) is 5.62. The van der Waals surface area contributed by atoms with Gasteiger partial charge in [0, 0.05) is 9.50 Å². The molecule has 7 heteroatoms. The maximum Gasteiger partial charge on any atom is 0.266 e. The molecule has 0 aliphatic heterocycles. The third kappa shape index (κ3) is 5.96. The maximum atomic E-state index is 12.5. The van der Waals surface area contributed by atoms with Crippen molar-refractivity contribution < 1.29 is 9.53 Å². The molecule has 1 amide bonds. The van der Waals surface area contributed by atoms with Gasteiger partial charge in [0.2, 0.25) is 0 Å². The minimum absolute atomic E-state index is 0.00696. The number of hydrogen-bond donors (Lipinski definition) is 1. The molecule has 0 bridgehead atoms. The summed E-state index contributed by atoms with van der Waals surface area (Å²) in [4.78, 5) is 12.5. The molecule has 0 fully saturated rings. The minimum atomic E-state index is -0.483. The third-order valence-electron chi connectivity index (χ3n) is 4.06. The Balaban J connectivity index is 1.71. The van der Waals surface area contributed by atoms with Crippen molar-refractivity contribution in [1.82, 2.24) is 0 Å². The van der Waals surface area contributed by atoms with Gasteiger partial charge < -0.3 is 10.1 Å². The van der Waals surface area contributed by atoms with E-state index in [2.05, 4.69) is 37.2 Å². The second-order valence-electron chi connectivity index (χ2n) is 6.21. The number of carbonyl (C=O) groups is 1. The molecule has 0 saturated heterocycles. The van der Waals surface area contributed by atoms with Gasteiger partial charge in [-0.25, -0.2) is 0 Å². The molecular formula is C23H15Br2ClN2O2. The molecule has 0 atom stereocenters. The summed E-state index contributed by atoms with van der Waals surface area (Å²) in [5.74, 6) is 0.168. The Morgan fingerprint density at radius 1 is 1.07 bits per heavy atom. The van der Waals surface area contributed by atoms with E-state index in [4.69, 9.17) is 16.3 Å². The van der Waals surface area contributed by atoms with E-state index in [1.807, 2.05) is 42.5 Å². The second-order valence-corrected chi connectivity index (χ2v) is 8.35. The largest absolute Gasteiger partial charge is 0.488 e. The Morgan fingerprint density at radius 3 is 2.47 bits per heavy atom. The number of ether oxygens (including phenoxy) is 1. The highest BCUT2D eigenvalue weighted by Crippen LogP contribution is 2.28. The Labute approximate surface area is 196 Å².